The highest BCUT2D eigenvalue weighted by molar-refractivity contribution is 8.00. The van der Waals surface area contributed by atoms with E-state index in [1.807, 2.05) is 0 Å². The number of rotatable bonds is 12. The zero-order valence-corrected chi connectivity index (χ0v) is 14.8. The number of hydrogen-bond acceptors (Lipinski definition) is 2. The van der Waals surface area contributed by atoms with Gasteiger partial charge in [0.25, 0.3) is 0 Å². The van der Waals surface area contributed by atoms with E-state index in [2.05, 4.69) is 30.9 Å². The fourth-order valence-electron chi connectivity index (χ4n) is 3.26. The second kappa shape index (κ2) is 13.0. The lowest BCUT2D eigenvalue weighted by Crippen LogP contribution is -2.39. The summed E-state index contributed by atoms with van der Waals surface area (Å²) in [7, 11) is 0. The smallest absolute Gasteiger partial charge is 0.0201 e. The fourth-order valence-corrected chi connectivity index (χ4v) is 4.73. The van der Waals surface area contributed by atoms with Crippen molar-refractivity contribution in [3.63, 3.8) is 0 Å². The predicted molar refractivity (Wildman–Crippen MR) is 94.8 cm³/mol. The molecule has 0 aromatic heterocycles. The summed E-state index contributed by atoms with van der Waals surface area (Å²) in [4.78, 5) is 0. The van der Waals surface area contributed by atoms with Crippen LogP contribution in [0.25, 0.3) is 0 Å². The van der Waals surface area contributed by atoms with Crippen LogP contribution in [0.1, 0.15) is 90.9 Å². The van der Waals surface area contributed by atoms with Crippen LogP contribution >= 0.6 is 11.8 Å². The lowest BCUT2D eigenvalue weighted by Gasteiger charge is -2.30. The largest absolute Gasteiger partial charge is 0.313 e. The molecule has 2 heteroatoms. The summed E-state index contributed by atoms with van der Waals surface area (Å²) in [5, 5.41) is 4.65. The van der Waals surface area contributed by atoms with Gasteiger partial charge in [-0.1, -0.05) is 71.6 Å². The van der Waals surface area contributed by atoms with Crippen molar-refractivity contribution in [3.05, 3.63) is 0 Å². The fraction of sp³-hybridized carbons (Fsp3) is 1.00. The lowest BCUT2D eigenvalue weighted by atomic mass is 10.00. The van der Waals surface area contributed by atoms with Gasteiger partial charge in [0.05, 0.1) is 0 Å². The van der Waals surface area contributed by atoms with Gasteiger partial charge in [0.2, 0.25) is 0 Å². The normalized spacial score (nSPS) is 21.0. The van der Waals surface area contributed by atoms with Gasteiger partial charge in [0.1, 0.15) is 0 Å². The molecule has 2 atom stereocenters. The van der Waals surface area contributed by atoms with Gasteiger partial charge < -0.3 is 5.32 Å². The van der Waals surface area contributed by atoms with E-state index in [0.717, 1.165) is 17.8 Å². The topological polar surface area (TPSA) is 12.0 Å². The summed E-state index contributed by atoms with van der Waals surface area (Å²) in [6.07, 6.45) is 17.3. The third-order valence-corrected chi connectivity index (χ3v) is 6.02. The molecule has 0 aromatic carbocycles. The molecule has 120 valence electrons. The Morgan fingerprint density at radius 2 is 1.65 bits per heavy atom. The molecule has 1 heterocycles. The van der Waals surface area contributed by atoms with E-state index in [4.69, 9.17) is 0 Å². The summed E-state index contributed by atoms with van der Waals surface area (Å²) >= 11 is 2.23. The van der Waals surface area contributed by atoms with Gasteiger partial charge in [-0.15, -0.1) is 0 Å². The number of thioether (sulfide) groups is 1. The molecule has 1 rings (SSSR count). The quantitative estimate of drug-likeness (QED) is 0.458. The highest BCUT2D eigenvalue weighted by Gasteiger charge is 2.22. The second-order valence-corrected chi connectivity index (χ2v) is 7.68. The summed E-state index contributed by atoms with van der Waals surface area (Å²) in [5.41, 5.74) is 0. The van der Waals surface area contributed by atoms with Gasteiger partial charge in [-0.2, -0.15) is 11.8 Å². The maximum absolute atomic E-state index is 3.75. The molecule has 0 aliphatic carbocycles. The highest BCUT2D eigenvalue weighted by Crippen LogP contribution is 2.29. The Hall–Kier alpha value is 0.310. The first-order valence-corrected chi connectivity index (χ1v) is 10.3. The third kappa shape index (κ3) is 8.56. The molecule has 1 aliphatic heterocycles. The minimum atomic E-state index is 0.783. The average Bonchev–Trinajstić information content (AvgIpc) is 2.50. The summed E-state index contributed by atoms with van der Waals surface area (Å²) in [6.45, 7) is 5.69. The van der Waals surface area contributed by atoms with Crippen LogP contribution in [0.2, 0.25) is 0 Å². The molecule has 2 unspecified atom stereocenters. The van der Waals surface area contributed by atoms with Crippen molar-refractivity contribution in [1.29, 1.82) is 0 Å². The summed E-state index contributed by atoms with van der Waals surface area (Å²) < 4.78 is 0. The van der Waals surface area contributed by atoms with Crippen LogP contribution in [0.15, 0.2) is 0 Å². The van der Waals surface area contributed by atoms with Crippen LogP contribution in [-0.4, -0.2) is 23.6 Å². The average molecular weight is 300 g/mol. The Labute approximate surface area is 132 Å². The maximum Gasteiger partial charge on any atom is 0.0201 e. The van der Waals surface area contributed by atoms with E-state index < -0.39 is 0 Å². The molecule has 1 fully saturated rings. The molecule has 1 saturated heterocycles. The molecule has 0 bridgehead atoms. The molecule has 0 amide bonds. The van der Waals surface area contributed by atoms with E-state index in [1.165, 1.54) is 82.8 Å². The van der Waals surface area contributed by atoms with Crippen molar-refractivity contribution in [2.24, 2.45) is 0 Å². The monoisotopic (exact) mass is 299 g/mol. The zero-order valence-electron chi connectivity index (χ0n) is 14.0. The van der Waals surface area contributed by atoms with Crippen LogP contribution in [0.5, 0.6) is 0 Å². The molecule has 0 radical (unpaired) electrons. The molecule has 1 nitrogen and oxygen atoms in total. The first-order chi connectivity index (χ1) is 9.88. The van der Waals surface area contributed by atoms with Gasteiger partial charge in [-0.25, -0.2) is 0 Å². The predicted octanol–water partition coefficient (Wildman–Crippen LogP) is 5.78. The van der Waals surface area contributed by atoms with Gasteiger partial charge >= 0.3 is 0 Å². The van der Waals surface area contributed by atoms with E-state index in [-0.39, 0.29) is 0 Å². The van der Waals surface area contributed by atoms with Crippen molar-refractivity contribution in [1.82, 2.24) is 5.32 Å². The number of nitrogens with one attached hydrogen (secondary N) is 1. The first kappa shape index (κ1) is 18.4. The van der Waals surface area contributed by atoms with Crippen LogP contribution in [0.4, 0.5) is 0 Å². The SMILES string of the molecule is CCCCCCCCCCC(NCC)C1CCCCS1. The van der Waals surface area contributed by atoms with E-state index in [0.29, 0.717) is 0 Å². The molecular weight excluding hydrogens is 262 g/mol. The van der Waals surface area contributed by atoms with Crippen LogP contribution in [0, 0.1) is 0 Å². The Bertz CT molecular complexity index is 202. The second-order valence-electron chi connectivity index (χ2n) is 6.33. The third-order valence-electron chi connectivity index (χ3n) is 4.50. The van der Waals surface area contributed by atoms with E-state index in [9.17, 15) is 0 Å². The molecule has 0 saturated carbocycles. The molecule has 1 aliphatic rings. The van der Waals surface area contributed by atoms with Crippen LogP contribution in [-0.2, 0) is 0 Å². The standard InChI is InChI=1S/C18H37NS/c1-3-5-6-7-8-9-10-11-14-17(19-4-2)18-15-12-13-16-20-18/h17-19H,3-16H2,1-2H3. The van der Waals surface area contributed by atoms with Crippen molar-refractivity contribution in [2.45, 2.75) is 102 Å². The number of hydrogen-bond donors (Lipinski definition) is 1. The van der Waals surface area contributed by atoms with E-state index in [1.54, 1.807) is 0 Å². The molecule has 0 aromatic rings. The van der Waals surface area contributed by atoms with Crippen LogP contribution < -0.4 is 5.32 Å². The lowest BCUT2D eigenvalue weighted by molar-refractivity contribution is 0.427. The summed E-state index contributed by atoms with van der Waals surface area (Å²) in [5.74, 6) is 1.39. The van der Waals surface area contributed by atoms with Crippen molar-refractivity contribution in [3.8, 4) is 0 Å². The van der Waals surface area contributed by atoms with Crippen molar-refractivity contribution < 1.29 is 0 Å². The summed E-state index contributed by atoms with van der Waals surface area (Å²) in [6, 6.07) is 0.783. The van der Waals surface area contributed by atoms with Gasteiger partial charge in [0.15, 0.2) is 0 Å². The Kier molecular flexibility index (Phi) is 11.9. The Morgan fingerprint density at radius 1 is 0.950 bits per heavy atom. The zero-order chi connectivity index (χ0) is 14.5. The Morgan fingerprint density at radius 3 is 2.25 bits per heavy atom. The minimum Gasteiger partial charge on any atom is -0.313 e. The minimum absolute atomic E-state index is 0.783. The highest BCUT2D eigenvalue weighted by atomic mass is 32.2. The molecule has 1 N–H and O–H groups in total. The molecule has 0 spiro atoms. The molecule has 20 heavy (non-hydrogen) atoms. The van der Waals surface area contributed by atoms with E-state index >= 15 is 0 Å². The Balaban J connectivity index is 2.03. The van der Waals surface area contributed by atoms with Gasteiger partial charge in [-0.05, 0) is 31.6 Å². The van der Waals surface area contributed by atoms with Crippen molar-refractivity contribution in [2.75, 3.05) is 12.3 Å². The van der Waals surface area contributed by atoms with Crippen LogP contribution in [0.3, 0.4) is 0 Å². The maximum atomic E-state index is 3.75. The first-order valence-electron chi connectivity index (χ1n) is 9.23. The van der Waals surface area contributed by atoms with Gasteiger partial charge in [0, 0.05) is 11.3 Å². The van der Waals surface area contributed by atoms with Crippen molar-refractivity contribution >= 4 is 11.8 Å². The van der Waals surface area contributed by atoms with Gasteiger partial charge in [-0.3, -0.25) is 0 Å². The molecular formula is C18H37NS. The number of unbranched alkanes of at least 4 members (excludes halogenated alkanes) is 7.